The third-order valence-corrected chi connectivity index (χ3v) is 4.98. The Labute approximate surface area is 178 Å². The molecule has 32 heavy (non-hydrogen) atoms. The highest BCUT2D eigenvalue weighted by molar-refractivity contribution is 6.19. The van der Waals surface area contributed by atoms with Crippen LogP contribution in [0.25, 0.3) is 17.2 Å². The number of ether oxygens (including phenoxy) is 1. The van der Waals surface area contributed by atoms with Gasteiger partial charge in [-0.25, -0.2) is 8.78 Å². The number of carbonyl (C=O) groups is 2. The van der Waals surface area contributed by atoms with Crippen LogP contribution in [0.5, 0.6) is 0 Å². The number of esters is 1. The molecule has 0 N–H and O–H groups in total. The molecule has 0 aromatic heterocycles. The third kappa shape index (κ3) is 4.03. The van der Waals surface area contributed by atoms with Crippen LogP contribution < -0.4 is 0 Å². The molecule has 8 heteroatoms. The largest absolute Gasteiger partial charge is 0.422 e. The second-order valence-corrected chi connectivity index (χ2v) is 7.06. The van der Waals surface area contributed by atoms with Crippen molar-refractivity contribution in [2.45, 2.75) is 12.1 Å². The molecule has 0 aliphatic carbocycles. The summed E-state index contributed by atoms with van der Waals surface area (Å²) in [5, 5.41) is 0. The molecule has 1 aliphatic heterocycles. The van der Waals surface area contributed by atoms with Gasteiger partial charge in [0.1, 0.15) is 11.6 Å². The monoisotopic (exact) mass is 444 g/mol. The molecule has 1 heterocycles. The lowest BCUT2D eigenvalue weighted by atomic mass is 9.92. The highest BCUT2D eigenvalue weighted by Gasteiger charge is 2.42. The Morgan fingerprint density at radius 2 is 1.53 bits per heavy atom. The van der Waals surface area contributed by atoms with Crippen molar-refractivity contribution in [2.24, 2.45) is 0 Å². The van der Waals surface area contributed by atoms with Crippen LogP contribution in [0.15, 0.2) is 72.5 Å². The number of allylic oxidation sites excluding steroid dienone is 1. The minimum atomic E-state index is -4.73. The number of ketones is 1. The zero-order valence-electron chi connectivity index (χ0n) is 16.1. The van der Waals surface area contributed by atoms with E-state index in [0.29, 0.717) is 29.8 Å². The molecule has 3 aromatic carbocycles. The fourth-order valence-electron chi connectivity index (χ4n) is 3.38. The van der Waals surface area contributed by atoms with E-state index in [9.17, 15) is 31.5 Å². The van der Waals surface area contributed by atoms with Crippen molar-refractivity contribution in [3.8, 4) is 11.1 Å². The number of alkyl halides is 3. The van der Waals surface area contributed by atoms with Crippen LogP contribution in [0.4, 0.5) is 22.0 Å². The molecule has 1 fully saturated rings. The van der Waals surface area contributed by atoms with Crippen molar-refractivity contribution in [3.63, 3.8) is 0 Å². The number of rotatable bonds is 3. The maximum absolute atomic E-state index is 14.8. The van der Waals surface area contributed by atoms with Gasteiger partial charge in [-0.1, -0.05) is 42.5 Å². The minimum Gasteiger partial charge on any atom is -0.422 e. The summed E-state index contributed by atoms with van der Waals surface area (Å²) in [6.07, 6.45) is -4.02. The molecule has 0 amide bonds. The van der Waals surface area contributed by atoms with Crippen molar-refractivity contribution >= 4 is 17.8 Å². The van der Waals surface area contributed by atoms with Gasteiger partial charge in [-0.15, -0.1) is 0 Å². The van der Waals surface area contributed by atoms with Crippen LogP contribution in [0.2, 0.25) is 0 Å². The summed E-state index contributed by atoms with van der Waals surface area (Å²) in [7, 11) is 0. The smallest absolute Gasteiger partial charge is 0.416 e. The van der Waals surface area contributed by atoms with Gasteiger partial charge < -0.3 is 4.74 Å². The number of hydrogen-bond donors (Lipinski definition) is 0. The number of hydrogen-bond acceptors (Lipinski definition) is 3. The summed E-state index contributed by atoms with van der Waals surface area (Å²) >= 11 is 0. The number of halogens is 5. The van der Waals surface area contributed by atoms with E-state index >= 15 is 0 Å². The third-order valence-electron chi connectivity index (χ3n) is 4.98. The quantitative estimate of drug-likeness (QED) is 0.219. The second-order valence-electron chi connectivity index (χ2n) is 7.06. The Hall–Kier alpha value is -3.81. The summed E-state index contributed by atoms with van der Waals surface area (Å²) in [6.45, 7) is 0. The van der Waals surface area contributed by atoms with Crippen molar-refractivity contribution in [1.82, 2.24) is 0 Å². The average molecular weight is 444 g/mol. The molecule has 4 rings (SSSR count). The molecular formula is C24H13F5O3. The Balaban J connectivity index is 1.67. The van der Waals surface area contributed by atoms with Gasteiger partial charge in [0.25, 0.3) is 0 Å². The fraction of sp³-hybridized carbons (Fsp3) is 0.0833. The highest BCUT2D eigenvalue weighted by Crippen LogP contribution is 2.35. The Bertz CT molecular complexity index is 1250. The van der Waals surface area contributed by atoms with Crippen LogP contribution >= 0.6 is 0 Å². The summed E-state index contributed by atoms with van der Waals surface area (Å²) in [5.74, 6) is -6.24. The molecule has 162 valence electrons. The minimum absolute atomic E-state index is 0.243. The highest BCUT2D eigenvalue weighted by atomic mass is 19.4. The van der Waals surface area contributed by atoms with E-state index in [1.807, 2.05) is 0 Å². The summed E-state index contributed by atoms with van der Waals surface area (Å²) in [6, 6.07) is 14.4. The summed E-state index contributed by atoms with van der Waals surface area (Å²) in [5.41, 5.74) is -0.725. The zero-order valence-corrected chi connectivity index (χ0v) is 16.1. The maximum atomic E-state index is 14.8. The van der Waals surface area contributed by atoms with Gasteiger partial charge in [0.05, 0.1) is 5.56 Å². The summed E-state index contributed by atoms with van der Waals surface area (Å²) < 4.78 is 72.3. The number of Topliss-reactive ketones (excluding diaryl/α,β-unsaturated/α-hetero) is 1. The molecule has 0 spiro atoms. The lowest BCUT2D eigenvalue weighted by molar-refractivity contribution is -0.138. The molecule has 3 nitrogen and oxygen atoms in total. The van der Waals surface area contributed by atoms with E-state index in [-0.39, 0.29) is 5.56 Å². The van der Waals surface area contributed by atoms with Gasteiger partial charge in [0.15, 0.2) is 11.7 Å². The first-order valence-corrected chi connectivity index (χ1v) is 9.34. The maximum Gasteiger partial charge on any atom is 0.416 e. The number of carbonyl (C=O) groups excluding carboxylic acids is 2. The molecule has 0 radical (unpaired) electrons. The van der Waals surface area contributed by atoms with E-state index in [0.717, 1.165) is 5.56 Å². The molecule has 1 aliphatic rings. The first kappa shape index (κ1) is 21.4. The van der Waals surface area contributed by atoms with E-state index in [1.54, 1.807) is 30.3 Å². The SMILES string of the molecule is O=C1O/C(=C\c2cc(C(F)(F)F)ccc2F)C(=O)C1c1ccc(-c2ccccc2)cc1F. The lowest BCUT2D eigenvalue weighted by Gasteiger charge is -2.09. The lowest BCUT2D eigenvalue weighted by Crippen LogP contribution is -2.14. The van der Waals surface area contributed by atoms with Crippen LogP contribution in [-0.4, -0.2) is 11.8 Å². The van der Waals surface area contributed by atoms with Crippen LogP contribution in [0.3, 0.4) is 0 Å². The van der Waals surface area contributed by atoms with Gasteiger partial charge in [-0.2, -0.15) is 13.2 Å². The Morgan fingerprint density at radius 3 is 2.19 bits per heavy atom. The fourth-order valence-corrected chi connectivity index (χ4v) is 3.38. The van der Waals surface area contributed by atoms with Crippen LogP contribution in [0, 0.1) is 11.6 Å². The zero-order chi connectivity index (χ0) is 23.0. The van der Waals surface area contributed by atoms with Gasteiger partial charge >= 0.3 is 12.1 Å². The van der Waals surface area contributed by atoms with Gasteiger partial charge in [-0.05, 0) is 41.5 Å². The first-order valence-electron chi connectivity index (χ1n) is 9.34. The predicted octanol–water partition coefficient (Wildman–Crippen LogP) is 5.90. The van der Waals surface area contributed by atoms with Crippen molar-refractivity contribution < 1.29 is 36.3 Å². The molecule has 3 aromatic rings. The van der Waals surface area contributed by atoms with E-state index in [4.69, 9.17) is 4.74 Å². The van der Waals surface area contributed by atoms with Crippen molar-refractivity contribution in [2.75, 3.05) is 0 Å². The molecule has 0 saturated carbocycles. The Morgan fingerprint density at radius 1 is 0.812 bits per heavy atom. The Kier molecular flexibility index (Phi) is 5.38. The van der Waals surface area contributed by atoms with Gasteiger partial charge in [0, 0.05) is 11.1 Å². The molecule has 1 saturated heterocycles. The topological polar surface area (TPSA) is 43.4 Å². The van der Waals surface area contributed by atoms with E-state index in [2.05, 4.69) is 0 Å². The van der Waals surface area contributed by atoms with Crippen LogP contribution in [-0.2, 0) is 20.5 Å². The van der Waals surface area contributed by atoms with Gasteiger partial charge in [-0.3, -0.25) is 9.59 Å². The normalized spacial score (nSPS) is 17.7. The number of benzene rings is 3. The second kappa shape index (κ2) is 8.03. The van der Waals surface area contributed by atoms with E-state index in [1.165, 1.54) is 18.2 Å². The molecule has 1 atom stereocenters. The van der Waals surface area contributed by atoms with Gasteiger partial charge in [0.2, 0.25) is 5.78 Å². The molecule has 0 bridgehead atoms. The molecule has 1 unspecified atom stereocenters. The van der Waals surface area contributed by atoms with E-state index < -0.39 is 52.4 Å². The predicted molar refractivity (Wildman–Crippen MR) is 105 cm³/mol. The van der Waals surface area contributed by atoms with Crippen molar-refractivity contribution in [3.05, 3.63) is 101 Å². The average Bonchev–Trinajstić information content (AvgIpc) is 3.02. The van der Waals surface area contributed by atoms with Crippen molar-refractivity contribution in [1.29, 1.82) is 0 Å². The summed E-state index contributed by atoms with van der Waals surface area (Å²) in [4.78, 5) is 25.0. The standard InChI is InChI=1S/C24H13F5O3/c25-18-9-7-16(24(27,28)29)10-15(18)12-20-22(30)21(23(31)32-20)17-8-6-14(11-19(17)26)13-4-2-1-3-5-13/h1-12,21H/b20-12-. The molecular weight excluding hydrogens is 431 g/mol. The van der Waals surface area contributed by atoms with Crippen LogP contribution in [0.1, 0.15) is 22.6 Å². The first-order chi connectivity index (χ1) is 15.1. The number of cyclic esters (lactones) is 1.